The van der Waals surface area contributed by atoms with Gasteiger partial charge in [-0.1, -0.05) is 6.07 Å². The summed E-state index contributed by atoms with van der Waals surface area (Å²) in [5.41, 5.74) is 0.964. The van der Waals surface area contributed by atoms with Gasteiger partial charge in [0.1, 0.15) is 18.2 Å². The average molecular weight is 374 g/mol. The van der Waals surface area contributed by atoms with Crippen LogP contribution in [0.1, 0.15) is 19.4 Å². The first-order chi connectivity index (χ1) is 13.0. The normalized spacial score (nSPS) is 13.1. The number of nitrogens with zero attached hydrogens (tertiary/aromatic N) is 1. The maximum absolute atomic E-state index is 12.9. The first-order valence-corrected chi connectivity index (χ1v) is 8.87. The molecule has 1 heterocycles. The highest BCUT2D eigenvalue weighted by Gasteiger charge is 2.18. The van der Waals surface area contributed by atoms with Gasteiger partial charge in [-0.15, -0.1) is 0 Å². The minimum Gasteiger partial charge on any atom is -0.491 e. The molecule has 1 aliphatic heterocycles. The third-order valence-corrected chi connectivity index (χ3v) is 4.16. The molecule has 0 saturated heterocycles. The van der Waals surface area contributed by atoms with Crippen molar-refractivity contribution < 1.29 is 23.4 Å². The summed E-state index contributed by atoms with van der Waals surface area (Å²) in [7, 11) is 0. The first kappa shape index (κ1) is 18.8. The number of halogens is 1. The molecule has 1 N–H and O–H groups in total. The van der Waals surface area contributed by atoms with Crippen molar-refractivity contribution in [1.29, 1.82) is 0 Å². The van der Waals surface area contributed by atoms with E-state index in [-0.39, 0.29) is 24.7 Å². The minimum absolute atomic E-state index is 0.176. The molecule has 2 amide bonds. The lowest BCUT2D eigenvalue weighted by molar-refractivity contribution is 0.173. The standard InChI is InChI=1S/C20H23FN2O4/c1-3-23(11-15-4-9-18-19(10-15)27-13-26-18)20(24)22-14(2)12-25-17-7-5-16(21)6-8-17/h4-10,14H,3,11-13H2,1-2H3,(H,22,24). The summed E-state index contributed by atoms with van der Waals surface area (Å²) >= 11 is 0. The van der Waals surface area contributed by atoms with Gasteiger partial charge < -0.3 is 24.4 Å². The van der Waals surface area contributed by atoms with Gasteiger partial charge in [0, 0.05) is 13.1 Å². The van der Waals surface area contributed by atoms with Crippen LogP contribution in [0, 0.1) is 5.82 Å². The maximum Gasteiger partial charge on any atom is 0.318 e. The van der Waals surface area contributed by atoms with Crippen LogP contribution in [0.5, 0.6) is 17.2 Å². The molecule has 0 spiro atoms. The number of urea groups is 1. The summed E-state index contributed by atoms with van der Waals surface area (Å²) < 4.78 is 29.2. The predicted molar refractivity (Wildman–Crippen MR) is 98.5 cm³/mol. The molecule has 0 aromatic heterocycles. The molecular formula is C20H23FN2O4. The van der Waals surface area contributed by atoms with E-state index in [0.29, 0.717) is 31.2 Å². The highest BCUT2D eigenvalue weighted by atomic mass is 19.1. The monoisotopic (exact) mass is 374 g/mol. The van der Waals surface area contributed by atoms with Gasteiger partial charge in [-0.3, -0.25) is 0 Å². The summed E-state index contributed by atoms with van der Waals surface area (Å²) in [5.74, 6) is 1.67. The molecule has 0 fully saturated rings. The van der Waals surface area contributed by atoms with Crippen LogP contribution >= 0.6 is 0 Å². The maximum atomic E-state index is 12.9. The smallest absolute Gasteiger partial charge is 0.318 e. The number of amides is 2. The van der Waals surface area contributed by atoms with Crippen LogP contribution in [0.15, 0.2) is 42.5 Å². The number of ether oxygens (including phenoxy) is 3. The van der Waals surface area contributed by atoms with Crippen molar-refractivity contribution in [1.82, 2.24) is 10.2 Å². The summed E-state index contributed by atoms with van der Waals surface area (Å²) in [6, 6.07) is 11.1. The van der Waals surface area contributed by atoms with E-state index in [1.807, 2.05) is 32.0 Å². The number of hydrogen-bond acceptors (Lipinski definition) is 4. The number of carbonyl (C=O) groups is 1. The van der Waals surface area contributed by atoms with E-state index >= 15 is 0 Å². The number of carbonyl (C=O) groups excluding carboxylic acids is 1. The fraction of sp³-hybridized carbons (Fsp3) is 0.350. The average Bonchev–Trinajstić information content (AvgIpc) is 3.13. The minimum atomic E-state index is -0.314. The topological polar surface area (TPSA) is 60.0 Å². The van der Waals surface area contributed by atoms with Crippen LogP contribution in [0.3, 0.4) is 0 Å². The van der Waals surface area contributed by atoms with E-state index in [9.17, 15) is 9.18 Å². The van der Waals surface area contributed by atoms with E-state index in [2.05, 4.69) is 5.32 Å². The van der Waals surface area contributed by atoms with Gasteiger partial charge in [0.15, 0.2) is 11.5 Å². The third kappa shape index (κ3) is 5.03. The molecule has 0 aliphatic carbocycles. The lowest BCUT2D eigenvalue weighted by Gasteiger charge is -2.24. The largest absolute Gasteiger partial charge is 0.491 e. The van der Waals surface area contributed by atoms with Crippen molar-refractivity contribution in [2.75, 3.05) is 19.9 Å². The summed E-state index contributed by atoms with van der Waals surface area (Å²) in [4.78, 5) is 14.2. The molecule has 1 atom stereocenters. The van der Waals surface area contributed by atoms with Crippen molar-refractivity contribution in [3.8, 4) is 17.2 Å². The summed E-state index contributed by atoms with van der Waals surface area (Å²) in [6.07, 6.45) is 0. The first-order valence-electron chi connectivity index (χ1n) is 8.87. The van der Waals surface area contributed by atoms with Crippen LogP contribution in [-0.4, -0.2) is 36.9 Å². The van der Waals surface area contributed by atoms with Gasteiger partial charge in [0.2, 0.25) is 6.79 Å². The third-order valence-electron chi connectivity index (χ3n) is 4.16. The van der Waals surface area contributed by atoms with Crippen molar-refractivity contribution in [2.45, 2.75) is 26.4 Å². The van der Waals surface area contributed by atoms with Gasteiger partial charge in [-0.25, -0.2) is 9.18 Å². The SMILES string of the molecule is CCN(Cc1ccc2c(c1)OCO2)C(=O)NC(C)COc1ccc(F)cc1. The van der Waals surface area contributed by atoms with E-state index in [1.54, 1.807) is 17.0 Å². The Bertz CT molecular complexity index is 782. The zero-order valence-corrected chi connectivity index (χ0v) is 15.4. The van der Waals surface area contributed by atoms with E-state index in [0.717, 1.165) is 11.3 Å². The Labute approximate surface area is 157 Å². The van der Waals surface area contributed by atoms with E-state index in [4.69, 9.17) is 14.2 Å². The molecule has 27 heavy (non-hydrogen) atoms. The Morgan fingerprint density at radius 3 is 2.70 bits per heavy atom. The molecule has 0 saturated carbocycles. The Balaban J connectivity index is 1.51. The van der Waals surface area contributed by atoms with Crippen molar-refractivity contribution in [3.63, 3.8) is 0 Å². The molecule has 1 unspecified atom stereocenters. The number of nitrogens with one attached hydrogen (secondary N) is 1. The van der Waals surface area contributed by atoms with Gasteiger partial charge in [0.05, 0.1) is 6.04 Å². The molecule has 0 bridgehead atoms. The van der Waals surface area contributed by atoms with Gasteiger partial charge >= 0.3 is 6.03 Å². The number of rotatable bonds is 7. The Kier molecular flexibility index (Phi) is 6.01. The molecule has 144 valence electrons. The number of fused-ring (bicyclic) bond motifs is 1. The van der Waals surface area contributed by atoms with Crippen LogP contribution < -0.4 is 19.5 Å². The molecule has 3 rings (SSSR count). The quantitative estimate of drug-likeness (QED) is 0.805. The molecule has 6 nitrogen and oxygen atoms in total. The molecule has 2 aromatic rings. The molecule has 2 aromatic carbocycles. The highest BCUT2D eigenvalue weighted by Crippen LogP contribution is 2.32. The summed E-state index contributed by atoms with van der Waals surface area (Å²) in [5, 5.41) is 2.92. The van der Waals surface area contributed by atoms with Crippen LogP contribution in [0.4, 0.5) is 9.18 Å². The highest BCUT2D eigenvalue weighted by molar-refractivity contribution is 5.74. The van der Waals surface area contributed by atoms with Gasteiger partial charge in [-0.05, 0) is 55.8 Å². The predicted octanol–water partition coefficient (Wildman–Crippen LogP) is 3.55. The molecular weight excluding hydrogens is 351 g/mol. The molecule has 7 heteroatoms. The van der Waals surface area contributed by atoms with Crippen molar-refractivity contribution >= 4 is 6.03 Å². The van der Waals surface area contributed by atoms with Crippen molar-refractivity contribution in [3.05, 3.63) is 53.8 Å². The number of hydrogen-bond donors (Lipinski definition) is 1. The van der Waals surface area contributed by atoms with Crippen LogP contribution in [-0.2, 0) is 6.54 Å². The van der Waals surface area contributed by atoms with E-state index < -0.39 is 0 Å². The Morgan fingerprint density at radius 2 is 1.96 bits per heavy atom. The van der Waals surface area contributed by atoms with E-state index in [1.165, 1.54) is 12.1 Å². The van der Waals surface area contributed by atoms with Gasteiger partial charge in [-0.2, -0.15) is 0 Å². The zero-order chi connectivity index (χ0) is 19.2. The van der Waals surface area contributed by atoms with Crippen LogP contribution in [0.25, 0.3) is 0 Å². The Morgan fingerprint density at radius 1 is 1.22 bits per heavy atom. The number of benzene rings is 2. The zero-order valence-electron chi connectivity index (χ0n) is 15.4. The Hall–Kier alpha value is -2.96. The van der Waals surface area contributed by atoms with Gasteiger partial charge in [0.25, 0.3) is 0 Å². The van der Waals surface area contributed by atoms with Crippen LogP contribution in [0.2, 0.25) is 0 Å². The summed E-state index contributed by atoms with van der Waals surface area (Å²) in [6.45, 7) is 5.32. The second-order valence-corrected chi connectivity index (χ2v) is 6.32. The lowest BCUT2D eigenvalue weighted by atomic mass is 10.2. The van der Waals surface area contributed by atoms with Crippen molar-refractivity contribution in [2.24, 2.45) is 0 Å². The lowest BCUT2D eigenvalue weighted by Crippen LogP contribution is -2.45. The molecule has 0 radical (unpaired) electrons. The molecule has 1 aliphatic rings. The second kappa shape index (κ2) is 8.62. The fourth-order valence-corrected chi connectivity index (χ4v) is 2.68. The second-order valence-electron chi connectivity index (χ2n) is 6.32. The fourth-order valence-electron chi connectivity index (χ4n) is 2.68.